The molecule has 114 valence electrons. The average molecular weight is 287 g/mol. The standard InChI is InChI=1S/C17H34OS/c1-2-3-4-5-6-7-8-9-10-13-16-19-17-14-11-12-15-18/h14,17-18H,2-13,15-16H2,1H3/b17-14-. The lowest BCUT2D eigenvalue weighted by Crippen LogP contribution is -1.83. The fourth-order valence-corrected chi connectivity index (χ4v) is 2.87. The van der Waals surface area contributed by atoms with Crippen LogP contribution in [0, 0.1) is 0 Å². The average Bonchev–Trinajstić information content (AvgIpc) is 2.43. The van der Waals surface area contributed by atoms with Gasteiger partial charge in [-0.25, -0.2) is 0 Å². The Hall–Kier alpha value is 0.0500. The van der Waals surface area contributed by atoms with Crippen LogP contribution in [0.3, 0.4) is 0 Å². The summed E-state index contributed by atoms with van der Waals surface area (Å²) in [6.07, 6.45) is 18.2. The van der Waals surface area contributed by atoms with Gasteiger partial charge in [0.2, 0.25) is 0 Å². The summed E-state index contributed by atoms with van der Waals surface area (Å²) in [5.41, 5.74) is 0. The molecule has 19 heavy (non-hydrogen) atoms. The normalized spacial score (nSPS) is 11.5. The van der Waals surface area contributed by atoms with Gasteiger partial charge in [-0.15, -0.1) is 11.8 Å². The lowest BCUT2D eigenvalue weighted by molar-refractivity contribution is 0.289. The first kappa shape index (κ1) is 19.1. The van der Waals surface area contributed by atoms with Crippen molar-refractivity contribution in [3.8, 4) is 0 Å². The first-order valence-electron chi connectivity index (χ1n) is 8.29. The van der Waals surface area contributed by atoms with Crippen molar-refractivity contribution in [3.63, 3.8) is 0 Å². The Morgan fingerprint density at radius 2 is 1.37 bits per heavy atom. The Kier molecular flexibility index (Phi) is 18.1. The van der Waals surface area contributed by atoms with Crippen molar-refractivity contribution in [2.24, 2.45) is 0 Å². The predicted octanol–water partition coefficient (Wildman–Crippen LogP) is 5.93. The van der Waals surface area contributed by atoms with Crippen LogP contribution in [0.15, 0.2) is 11.5 Å². The van der Waals surface area contributed by atoms with Crippen LogP contribution in [0.1, 0.15) is 84.0 Å². The van der Waals surface area contributed by atoms with Crippen LogP contribution in [0.5, 0.6) is 0 Å². The molecule has 0 rings (SSSR count). The van der Waals surface area contributed by atoms with E-state index < -0.39 is 0 Å². The van der Waals surface area contributed by atoms with Crippen molar-refractivity contribution in [2.45, 2.75) is 84.0 Å². The van der Waals surface area contributed by atoms with Crippen LogP contribution in [-0.2, 0) is 0 Å². The Morgan fingerprint density at radius 1 is 0.789 bits per heavy atom. The maximum absolute atomic E-state index is 8.63. The number of hydrogen-bond donors (Lipinski definition) is 1. The summed E-state index contributed by atoms with van der Waals surface area (Å²) in [6, 6.07) is 0. The van der Waals surface area contributed by atoms with E-state index in [0.29, 0.717) is 6.61 Å². The second kappa shape index (κ2) is 18.0. The number of aliphatic hydroxyl groups excluding tert-OH is 1. The maximum atomic E-state index is 8.63. The SMILES string of the molecule is CCCCCCCCCCCCS/C=C\CCCO. The number of unbranched alkanes of at least 4 members (excludes halogenated alkanes) is 10. The fraction of sp³-hybridized carbons (Fsp3) is 0.882. The van der Waals surface area contributed by atoms with E-state index in [1.807, 2.05) is 11.8 Å². The van der Waals surface area contributed by atoms with Crippen molar-refractivity contribution in [3.05, 3.63) is 11.5 Å². The molecular weight excluding hydrogens is 252 g/mol. The van der Waals surface area contributed by atoms with E-state index in [9.17, 15) is 0 Å². The molecule has 0 saturated carbocycles. The molecule has 1 N–H and O–H groups in total. The number of hydrogen-bond acceptors (Lipinski definition) is 2. The van der Waals surface area contributed by atoms with E-state index in [1.165, 1.54) is 70.0 Å². The number of aliphatic hydroxyl groups is 1. The van der Waals surface area contributed by atoms with Gasteiger partial charge in [-0.1, -0.05) is 70.8 Å². The van der Waals surface area contributed by atoms with E-state index in [1.54, 1.807) is 0 Å². The van der Waals surface area contributed by atoms with Crippen LogP contribution >= 0.6 is 11.8 Å². The van der Waals surface area contributed by atoms with Gasteiger partial charge < -0.3 is 5.11 Å². The van der Waals surface area contributed by atoms with Crippen molar-refractivity contribution in [1.82, 2.24) is 0 Å². The topological polar surface area (TPSA) is 20.2 Å². The molecule has 0 aliphatic carbocycles. The van der Waals surface area contributed by atoms with E-state index in [0.717, 1.165) is 12.8 Å². The molecule has 0 unspecified atom stereocenters. The Bertz CT molecular complexity index is 180. The lowest BCUT2D eigenvalue weighted by Gasteiger charge is -2.01. The Labute approximate surface area is 125 Å². The number of allylic oxidation sites excluding steroid dienone is 1. The van der Waals surface area contributed by atoms with Crippen molar-refractivity contribution in [1.29, 1.82) is 0 Å². The minimum absolute atomic E-state index is 0.313. The molecule has 0 aromatic rings. The van der Waals surface area contributed by atoms with Gasteiger partial charge in [0.25, 0.3) is 0 Å². The second-order valence-corrected chi connectivity index (χ2v) is 6.30. The molecule has 1 nitrogen and oxygen atoms in total. The zero-order chi connectivity index (χ0) is 14.0. The van der Waals surface area contributed by atoms with Gasteiger partial charge in [0.15, 0.2) is 0 Å². The van der Waals surface area contributed by atoms with Gasteiger partial charge >= 0.3 is 0 Å². The minimum Gasteiger partial charge on any atom is -0.396 e. The maximum Gasteiger partial charge on any atom is 0.0433 e. The van der Waals surface area contributed by atoms with Gasteiger partial charge in [-0.3, -0.25) is 0 Å². The molecule has 0 aliphatic rings. The fourth-order valence-electron chi connectivity index (χ4n) is 2.09. The lowest BCUT2D eigenvalue weighted by atomic mass is 10.1. The first-order valence-corrected chi connectivity index (χ1v) is 9.34. The quantitative estimate of drug-likeness (QED) is 0.377. The summed E-state index contributed by atoms with van der Waals surface area (Å²) < 4.78 is 0. The third kappa shape index (κ3) is 18.1. The van der Waals surface area contributed by atoms with Crippen LogP contribution in [0.2, 0.25) is 0 Å². The molecule has 0 atom stereocenters. The van der Waals surface area contributed by atoms with Crippen LogP contribution in [0.25, 0.3) is 0 Å². The molecule has 0 heterocycles. The van der Waals surface area contributed by atoms with Crippen LogP contribution in [0.4, 0.5) is 0 Å². The van der Waals surface area contributed by atoms with Gasteiger partial charge in [-0.05, 0) is 30.4 Å². The molecule has 0 aliphatic heterocycles. The van der Waals surface area contributed by atoms with Crippen LogP contribution < -0.4 is 0 Å². The predicted molar refractivity (Wildman–Crippen MR) is 89.8 cm³/mol. The van der Waals surface area contributed by atoms with Crippen molar-refractivity contribution in [2.75, 3.05) is 12.4 Å². The summed E-state index contributed by atoms with van der Waals surface area (Å²) in [6.45, 7) is 2.59. The molecule has 0 fully saturated rings. The van der Waals surface area contributed by atoms with Crippen molar-refractivity contribution >= 4 is 11.8 Å². The molecule has 0 aromatic heterocycles. The van der Waals surface area contributed by atoms with E-state index >= 15 is 0 Å². The monoisotopic (exact) mass is 286 g/mol. The highest BCUT2D eigenvalue weighted by Gasteiger charge is 1.92. The highest BCUT2D eigenvalue weighted by Crippen LogP contribution is 2.13. The van der Waals surface area contributed by atoms with E-state index in [4.69, 9.17) is 5.11 Å². The summed E-state index contributed by atoms with van der Waals surface area (Å²) in [7, 11) is 0. The zero-order valence-corrected chi connectivity index (χ0v) is 13.7. The van der Waals surface area contributed by atoms with E-state index in [-0.39, 0.29) is 0 Å². The van der Waals surface area contributed by atoms with Crippen LogP contribution in [-0.4, -0.2) is 17.5 Å². The molecule has 0 saturated heterocycles. The molecular formula is C17H34OS. The Morgan fingerprint density at radius 3 is 1.95 bits per heavy atom. The van der Waals surface area contributed by atoms with Crippen molar-refractivity contribution < 1.29 is 5.11 Å². The van der Waals surface area contributed by atoms with Gasteiger partial charge in [0.05, 0.1) is 0 Å². The Balaban J connectivity index is 2.97. The number of thioether (sulfide) groups is 1. The largest absolute Gasteiger partial charge is 0.396 e. The number of rotatable bonds is 15. The smallest absolute Gasteiger partial charge is 0.0433 e. The highest BCUT2D eigenvalue weighted by atomic mass is 32.2. The third-order valence-electron chi connectivity index (χ3n) is 3.34. The summed E-state index contributed by atoms with van der Waals surface area (Å²) in [4.78, 5) is 0. The summed E-state index contributed by atoms with van der Waals surface area (Å²) in [5.74, 6) is 1.26. The second-order valence-electron chi connectivity index (χ2n) is 5.29. The summed E-state index contributed by atoms with van der Waals surface area (Å²) >= 11 is 1.92. The van der Waals surface area contributed by atoms with Gasteiger partial charge in [0.1, 0.15) is 0 Å². The molecule has 0 radical (unpaired) electrons. The van der Waals surface area contributed by atoms with Gasteiger partial charge in [-0.2, -0.15) is 0 Å². The van der Waals surface area contributed by atoms with E-state index in [2.05, 4.69) is 18.4 Å². The minimum atomic E-state index is 0.313. The first-order chi connectivity index (χ1) is 9.41. The molecule has 0 amide bonds. The molecule has 2 heteroatoms. The summed E-state index contributed by atoms with van der Waals surface area (Å²) in [5, 5.41) is 10.8. The zero-order valence-electron chi connectivity index (χ0n) is 12.9. The highest BCUT2D eigenvalue weighted by molar-refractivity contribution is 8.02. The molecule has 0 bridgehead atoms. The van der Waals surface area contributed by atoms with Gasteiger partial charge in [0, 0.05) is 6.61 Å². The molecule has 0 aromatic carbocycles. The molecule has 0 spiro atoms. The third-order valence-corrected chi connectivity index (χ3v) is 4.25.